The molecule has 6 amide bonds. The molecule has 4 rings (SSSR count). The number of primary amides is 2. The van der Waals surface area contributed by atoms with Crippen molar-refractivity contribution < 1.29 is 38.2 Å². The minimum absolute atomic E-state index is 0. The SMILES string of the molecule is Cl.NC(=O)C[C@H](NCCCCC(=O)N(C[C@H]1CN(c2ccc(N3CCOCC3=O)cc2)C(=O)O1)C(=O)c1ccc(Cl)s1)C(N)=O. The Labute approximate surface area is 274 Å². The second-order valence-corrected chi connectivity index (χ2v) is 11.9. The molecule has 2 fully saturated rings. The van der Waals surface area contributed by atoms with Crippen molar-refractivity contribution in [2.24, 2.45) is 11.5 Å². The number of thiophene rings is 1. The summed E-state index contributed by atoms with van der Waals surface area (Å²) in [5, 5.41) is 2.84. The summed E-state index contributed by atoms with van der Waals surface area (Å²) in [6, 6.07) is 9.02. The van der Waals surface area contributed by atoms with Crippen LogP contribution in [0.15, 0.2) is 36.4 Å². The van der Waals surface area contributed by atoms with Gasteiger partial charge >= 0.3 is 6.09 Å². The Kier molecular flexibility index (Phi) is 13.1. The van der Waals surface area contributed by atoms with Gasteiger partial charge in [-0.2, -0.15) is 0 Å². The van der Waals surface area contributed by atoms with Crippen molar-refractivity contribution in [3.8, 4) is 0 Å². The molecule has 2 aliphatic rings. The second-order valence-electron chi connectivity index (χ2n) is 10.2. The summed E-state index contributed by atoms with van der Waals surface area (Å²) in [5.74, 6) is -2.58. The van der Waals surface area contributed by atoms with E-state index in [1.165, 1.54) is 11.0 Å². The van der Waals surface area contributed by atoms with E-state index in [9.17, 15) is 28.8 Å². The van der Waals surface area contributed by atoms with Gasteiger partial charge in [-0.15, -0.1) is 23.7 Å². The third kappa shape index (κ3) is 9.61. The quantitative estimate of drug-likeness (QED) is 0.248. The highest BCUT2D eigenvalue weighted by atomic mass is 35.5. The Hall–Kier alpha value is -3.76. The van der Waals surface area contributed by atoms with E-state index < -0.39 is 41.9 Å². The lowest BCUT2D eigenvalue weighted by Gasteiger charge is -2.27. The molecule has 0 radical (unpaired) electrons. The molecule has 2 saturated heterocycles. The molecule has 2 aliphatic heterocycles. The van der Waals surface area contributed by atoms with E-state index in [2.05, 4.69) is 5.32 Å². The molecule has 5 N–H and O–H groups in total. The fraction of sp³-hybridized carbons (Fsp3) is 0.429. The molecule has 0 spiro atoms. The highest BCUT2D eigenvalue weighted by Gasteiger charge is 2.36. The van der Waals surface area contributed by atoms with Crippen molar-refractivity contribution in [2.75, 3.05) is 49.2 Å². The van der Waals surface area contributed by atoms with Crippen LogP contribution in [0.3, 0.4) is 0 Å². The maximum Gasteiger partial charge on any atom is 0.414 e. The molecule has 0 saturated carbocycles. The summed E-state index contributed by atoms with van der Waals surface area (Å²) in [4.78, 5) is 78.5. The first-order valence-electron chi connectivity index (χ1n) is 13.9. The van der Waals surface area contributed by atoms with Crippen LogP contribution in [0, 0.1) is 0 Å². The number of carbonyl (C=O) groups is 6. The van der Waals surface area contributed by atoms with Crippen molar-refractivity contribution in [1.82, 2.24) is 10.2 Å². The van der Waals surface area contributed by atoms with Crippen LogP contribution < -0.4 is 26.6 Å². The normalized spacial score (nSPS) is 17.0. The number of hydrogen-bond donors (Lipinski definition) is 3. The third-order valence-corrected chi connectivity index (χ3v) is 8.23. The highest BCUT2D eigenvalue weighted by Crippen LogP contribution is 2.27. The molecular formula is C28H34Cl2N6O8S. The minimum Gasteiger partial charge on any atom is -0.442 e. The molecule has 0 unspecified atom stereocenters. The van der Waals surface area contributed by atoms with Crippen LogP contribution in [-0.2, 0) is 28.7 Å². The Morgan fingerprint density at radius 3 is 2.33 bits per heavy atom. The van der Waals surface area contributed by atoms with E-state index >= 15 is 0 Å². The number of carbonyl (C=O) groups excluding carboxylic acids is 6. The van der Waals surface area contributed by atoms with Crippen molar-refractivity contribution in [3.63, 3.8) is 0 Å². The lowest BCUT2D eigenvalue weighted by Crippen LogP contribution is -2.44. The predicted octanol–water partition coefficient (Wildman–Crippen LogP) is 1.67. The number of hydrogen-bond acceptors (Lipinski definition) is 10. The predicted molar refractivity (Wildman–Crippen MR) is 168 cm³/mol. The van der Waals surface area contributed by atoms with Gasteiger partial charge in [0.05, 0.1) is 41.4 Å². The van der Waals surface area contributed by atoms with Gasteiger partial charge in [-0.05, 0) is 55.8 Å². The zero-order valence-electron chi connectivity index (χ0n) is 24.1. The maximum atomic E-state index is 13.3. The molecule has 3 heterocycles. The van der Waals surface area contributed by atoms with Gasteiger partial charge in [0.15, 0.2) is 0 Å². The number of nitrogens with one attached hydrogen (secondary N) is 1. The van der Waals surface area contributed by atoms with Crippen molar-refractivity contribution in [2.45, 2.75) is 37.8 Å². The van der Waals surface area contributed by atoms with Gasteiger partial charge in [-0.3, -0.25) is 33.8 Å². The van der Waals surface area contributed by atoms with E-state index in [1.807, 2.05) is 0 Å². The lowest BCUT2D eigenvalue weighted by molar-refractivity contribution is -0.129. The molecule has 2 atom stereocenters. The van der Waals surface area contributed by atoms with Gasteiger partial charge in [-0.1, -0.05) is 11.6 Å². The molecule has 45 heavy (non-hydrogen) atoms. The van der Waals surface area contributed by atoms with Crippen LogP contribution in [0.2, 0.25) is 4.34 Å². The Morgan fingerprint density at radius 2 is 1.73 bits per heavy atom. The highest BCUT2D eigenvalue weighted by molar-refractivity contribution is 7.18. The van der Waals surface area contributed by atoms with Gasteiger partial charge in [-0.25, -0.2) is 4.79 Å². The maximum absolute atomic E-state index is 13.3. The first kappa shape index (κ1) is 35.7. The zero-order valence-corrected chi connectivity index (χ0v) is 26.5. The molecule has 2 aromatic rings. The van der Waals surface area contributed by atoms with Crippen LogP contribution in [0.5, 0.6) is 0 Å². The van der Waals surface area contributed by atoms with E-state index in [1.54, 1.807) is 35.2 Å². The van der Waals surface area contributed by atoms with E-state index in [-0.39, 0.29) is 62.3 Å². The van der Waals surface area contributed by atoms with Crippen molar-refractivity contribution in [3.05, 3.63) is 45.6 Å². The van der Waals surface area contributed by atoms with Crippen LogP contribution >= 0.6 is 35.3 Å². The summed E-state index contributed by atoms with van der Waals surface area (Å²) < 4.78 is 11.1. The first-order chi connectivity index (χ1) is 21.0. The molecule has 17 heteroatoms. The van der Waals surface area contributed by atoms with E-state index in [4.69, 9.17) is 32.5 Å². The number of imide groups is 1. The van der Waals surface area contributed by atoms with Gasteiger partial charge in [0.1, 0.15) is 12.7 Å². The number of ether oxygens (including phenoxy) is 2. The van der Waals surface area contributed by atoms with Gasteiger partial charge in [0, 0.05) is 24.3 Å². The Morgan fingerprint density at radius 1 is 1.04 bits per heavy atom. The lowest BCUT2D eigenvalue weighted by atomic mass is 10.1. The Bertz CT molecular complexity index is 1410. The molecule has 14 nitrogen and oxygen atoms in total. The number of morpholine rings is 1. The average Bonchev–Trinajstić information content (AvgIpc) is 3.59. The summed E-state index contributed by atoms with van der Waals surface area (Å²) in [6.07, 6.45) is -0.866. The number of nitrogens with zero attached hydrogens (tertiary/aromatic N) is 3. The van der Waals surface area contributed by atoms with Crippen LogP contribution in [0.1, 0.15) is 35.4 Å². The van der Waals surface area contributed by atoms with Gasteiger partial charge in [0.25, 0.3) is 11.8 Å². The number of cyclic esters (lactones) is 1. The van der Waals surface area contributed by atoms with Crippen molar-refractivity contribution >= 4 is 82.3 Å². The van der Waals surface area contributed by atoms with Gasteiger partial charge in [0.2, 0.25) is 17.7 Å². The largest absolute Gasteiger partial charge is 0.442 e. The number of unbranched alkanes of at least 4 members (excludes halogenated alkanes) is 1. The topological polar surface area (TPSA) is 195 Å². The first-order valence-corrected chi connectivity index (χ1v) is 15.1. The number of rotatable bonds is 14. The number of benzene rings is 1. The second kappa shape index (κ2) is 16.5. The van der Waals surface area contributed by atoms with E-state index in [0.29, 0.717) is 41.7 Å². The third-order valence-electron chi connectivity index (χ3n) is 7.01. The molecule has 0 aliphatic carbocycles. The Balaban J connectivity index is 0.00000552. The molecule has 244 valence electrons. The number of nitrogens with two attached hydrogens (primary N) is 2. The summed E-state index contributed by atoms with van der Waals surface area (Å²) >= 11 is 7.05. The fourth-order valence-electron chi connectivity index (χ4n) is 4.78. The average molecular weight is 686 g/mol. The number of anilines is 2. The van der Waals surface area contributed by atoms with Crippen molar-refractivity contribution in [1.29, 1.82) is 0 Å². The van der Waals surface area contributed by atoms with Crippen LogP contribution in [-0.4, -0.2) is 92.1 Å². The smallest absolute Gasteiger partial charge is 0.414 e. The fourth-order valence-corrected chi connectivity index (χ4v) is 5.77. The summed E-state index contributed by atoms with van der Waals surface area (Å²) in [6.45, 7) is 1.08. The summed E-state index contributed by atoms with van der Waals surface area (Å²) in [7, 11) is 0. The monoisotopic (exact) mass is 684 g/mol. The van der Waals surface area contributed by atoms with Crippen LogP contribution in [0.25, 0.3) is 0 Å². The number of halogens is 2. The van der Waals surface area contributed by atoms with E-state index in [0.717, 1.165) is 16.2 Å². The van der Waals surface area contributed by atoms with Gasteiger partial charge < -0.3 is 31.2 Å². The van der Waals surface area contributed by atoms with Crippen LogP contribution in [0.4, 0.5) is 16.2 Å². The number of amides is 6. The molecule has 0 bridgehead atoms. The summed E-state index contributed by atoms with van der Waals surface area (Å²) in [5.41, 5.74) is 11.6. The zero-order chi connectivity index (χ0) is 31.8. The molecular weight excluding hydrogens is 651 g/mol. The minimum atomic E-state index is -0.914. The standard InChI is InChI=1S/C28H33ClN6O8S.ClH/c29-22-9-8-21(44-22)27(40)35(24(37)3-1-2-10-32-20(26(31)39)13-23(30)36)15-19-14-34(28(41)43-19)18-6-4-17(5-7-18)33-11-12-42-16-25(33)38;/h4-9,19-20,32H,1-3,10-16H2,(H2,30,36)(H2,31,39);1H/t19-,20+;/m1./s1. The molecule has 1 aromatic carbocycles. The molecule has 1 aromatic heterocycles.